The van der Waals surface area contributed by atoms with Crippen LogP contribution in [0, 0.1) is 0 Å². The van der Waals surface area contributed by atoms with Crippen LogP contribution in [0.4, 0.5) is 0 Å². The average Bonchev–Trinajstić information content (AvgIpc) is 3.08. The number of aryl methyl sites for hydroxylation is 3. The van der Waals surface area contributed by atoms with Gasteiger partial charge in [-0.1, -0.05) is 6.07 Å². The molecule has 0 atom stereocenters. The van der Waals surface area contributed by atoms with Crippen LogP contribution in [0.1, 0.15) is 28.8 Å². The van der Waals surface area contributed by atoms with Crippen molar-refractivity contribution >= 4 is 22.4 Å². The SMILES string of the molecule is Cn1c(-c2cc3c(s2)CCCC3)nc2ccc(CN)cc21. The quantitative estimate of drug-likeness (QED) is 0.785. The van der Waals surface area contributed by atoms with Crippen molar-refractivity contribution in [2.24, 2.45) is 12.8 Å². The van der Waals surface area contributed by atoms with Crippen molar-refractivity contribution < 1.29 is 0 Å². The van der Waals surface area contributed by atoms with Gasteiger partial charge in [0.1, 0.15) is 0 Å². The molecule has 0 unspecified atom stereocenters. The number of hydrogen-bond acceptors (Lipinski definition) is 3. The summed E-state index contributed by atoms with van der Waals surface area (Å²) in [5.41, 5.74) is 10.7. The summed E-state index contributed by atoms with van der Waals surface area (Å²) in [4.78, 5) is 7.70. The van der Waals surface area contributed by atoms with E-state index >= 15 is 0 Å². The maximum atomic E-state index is 5.75. The first-order valence-corrected chi connectivity index (χ1v) is 8.35. The number of fused-ring (bicyclic) bond motifs is 2. The topological polar surface area (TPSA) is 43.8 Å². The summed E-state index contributed by atoms with van der Waals surface area (Å²) in [5, 5.41) is 0. The minimum Gasteiger partial charge on any atom is -0.326 e. The second-order valence-corrected chi connectivity index (χ2v) is 6.92. The van der Waals surface area contributed by atoms with E-state index in [1.165, 1.54) is 41.6 Å². The fourth-order valence-electron chi connectivity index (χ4n) is 3.18. The molecule has 0 radical (unpaired) electrons. The number of thiophene rings is 1. The van der Waals surface area contributed by atoms with Crippen molar-refractivity contribution in [2.75, 3.05) is 0 Å². The van der Waals surface area contributed by atoms with Gasteiger partial charge >= 0.3 is 0 Å². The van der Waals surface area contributed by atoms with Crippen LogP contribution in [0.25, 0.3) is 21.7 Å². The van der Waals surface area contributed by atoms with Gasteiger partial charge in [-0.15, -0.1) is 11.3 Å². The standard InChI is InChI=1S/C17H19N3S/c1-20-14-8-11(10-18)6-7-13(14)19-17(20)16-9-12-4-2-3-5-15(12)21-16/h6-9H,2-5,10,18H2,1H3. The van der Waals surface area contributed by atoms with Crippen LogP contribution in [-0.4, -0.2) is 9.55 Å². The molecule has 4 rings (SSSR count). The van der Waals surface area contributed by atoms with Crippen molar-refractivity contribution in [3.05, 3.63) is 40.3 Å². The first-order chi connectivity index (χ1) is 10.3. The van der Waals surface area contributed by atoms with E-state index in [9.17, 15) is 0 Å². The Bertz CT molecular complexity index is 789. The smallest absolute Gasteiger partial charge is 0.150 e. The van der Waals surface area contributed by atoms with Crippen LogP contribution in [0.15, 0.2) is 24.3 Å². The van der Waals surface area contributed by atoms with Crippen molar-refractivity contribution in [1.29, 1.82) is 0 Å². The van der Waals surface area contributed by atoms with E-state index in [1.54, 1.807) is 4.88 Å². The molecule has 1 aliphatic carbocycles. The Kier molecular flexibility index (Phi) is 3.08. The number of nitrogens with two attached hydrogens (primary N) is 1. The van der Waals surface area contributed by atoms with Crippen LogP contribution in [0.5, 0.6) is 0 Å². The summed E-state index contributed by atoms with van der Waals surface area (Å²) in [7, 11) is 2.10. The monoisotopic (exact) mass is 297 g/mol. The zero-order chi connectivity index (χ0) is 14.4. The van der Waals surface area contributed by atoms with Crippen LogP contribution in [0.2, 0.25) is 0 Å². The predicted octanol–water partition coefficient (Wildman–Crippen LogP) is 3.64. The molecule has 4 heteroatoms. The van der Waals surface area contributed by atoms with E-state index in [0.717, 1.165) is 16.9 Å². The molecule has 1 aromatic carbocycles. The summed E-state index contributed by atoms with van der Waals surface area (Å²) in [6.45, 7) is 0.573. The third kappa shape index (κ3) is 2.10. The van der Waals surface area contributed by atoms with Crippen LogP contribution in [-0.2, 0) is 26.4 Å². The Morgan fingerprint density at radius 3 is 2.90 bits per heavy atom. The largest absolute Gasteiger partial charge is 0.326 e. The predicted molar refractivity (Wildman–Crippen MR) is 88.6 cm³/mol. The molecule has 0 saturated heterocycles. The zero-order valence-electron chi connectivity index (χ0n) is 12.2. The fraction of sp³-hybridized carbons (Fsp3) is 0.353. The van der Waals surface area contributed by atoms with E-state index in [4.69, 9.17) is 10.7 Å². The molecule has 2 N–H and O–H groups in total. The normalized spacial score (nSPS) is 14.6. The highest BCUT2D eigenvalue weighted by Crippen LogP contribution is 2.36. The molecular weight excluding hydrogens is 278 g/mol. The molecule has 0 bridgehead atoms. The molecule has 21 heavy (non-hydrogen) atoms. The number of benzene rings is 1. The second kappa shape index (κ2) is 4.97. The molecule has 2 heterocycles. The molecule has 0 spiro atoms. The molecule has 0 amide bonds. The fourth-order valence-corrected chi connectivity index (χ4v) is 4.46. The van der Waals surface area contributed by atoms with E-state index in [0.29, 0.717) is 6.54 Å². The van der Waals surface area contributed by atoms with Gasteiger partial charge in [-0.2, -0.15) is 0 Å². The molecule has 108 valence electrons. The summed E-state index contributed by atoms with van der Waals surface area (Å²) in [5.74, 6) is 1.08. The van der Waals surface area contributed by atoms with E-state index in [-0.39, 0.29) is 0 Å². The van der Waals surface area contributed by atoms with Crippen LogP contribution >= 0.6 is 11.3 Å². The molecule has 3 nitrogen and oxygen atoms in total. The average molecular weight is 297 g/mol. The highest BCUT2D eigenvalue weighted by Gasteiger charge is 2.17. The number of rotatable bonds is 2. The van der Waals surface area contributed by atoms with Crippen molar-refractivity contribution in [3.8, 4) is 10.7 Å². The lowest BCUT2D eigenvalue weighted by Crippen LogP contribution is -1.97. The van der Waals surface area contributed by atoms with E-state index in [2.05, 4.69) is 35.9 Å². The Morgan fingerprint density at radius 2 is 2.10 bits per heavy atom. The van der Waals surface area contributed by atoms with Crippen LogP contribution in [0.3, 0.4) is 0 Å². The lowest BCUT2D eigenvalue weighted by atomic mass is 9.99. The first kappa shape index (κ1) is 13.0. The Balaban J connectivity index is 1.86. The minimum absolute atomic E-state index is 0.573. The Morgan fingerprint density at radius 1 is 1.24 bits per heavy atom. The van der Waals surface area contributed by atoms with Gasteiger partial charge in [-0.25, -0.2) is 4.98 Å². The second-order valence-electron chi connectivity index (χ2n) is 5.79. The van der Waals surface area contributed by atoms with Gasteiger partial charge < -0.3 is 10.3 Å². The summed E-state index contributed by atoms with van der Waals surface area (Å²) in [6.07, 6.45) is 5.12. The zero-order valence-corrected chi connectivity index (χ0v) is 13.0. The Labute approximate surface area is 128 Å². The first-order valence-electron chi connectivity index (χ1n) is 7.53. The van der Waals surface area contributed by atoms with Gasteiger partial charge in [-0.3, -0.25) is 0 Å². The molecule has 1 aliphatic rings. The van der Waals surface area contributed by atoms with Gasteiger partial charge in [0.25, 0.3) is 0 Å². The van der Waals surface area contributed by atoms with Gasteiger partial charge in [0.05, 0.1) is 15.9 Å². The van der Waals surface area contributed by atoms with Crippen molar-refractivity contribution in [1.82, 2.24) is 9.55 Å². The van der Waals surface area contributed by atoms with Crippen molar-refractivity contribution in [3.63, 3.8) is 0 Å². The molecule has 0 aliphatic heterocycles. The third-order valence-electron chi connectivity index (χ3n) is 4.40. The number of nitrogens with zero attached hydrogens (tertiary/aromatic N) is 2. The lowest BCUT2D eigenvalue weighted by Gasteiger charge is -2.08. The molecular formula is C17H19N3S. The molecule has 3 aromatic rings. The number of imidazole rings is 1. The molecule has 0 saturated carbocycles. The summed E-state index contributed by atoms with van der Waals surface area (Å²) < 4.78 is 2.20. The summed E-state index contributed by atoms with van der Waals surface area (Å²) in [6, 6.07) is 8.65. The van der Waals surface area contributed by atoms with Gasteiger partial charge in [-0.05, 0) is 55.0 Å². The number of hydrogen-bond donors (Lipinski definition) is 1. The van der Waals surface area contributed by atoms with E-state index in [1.807, 2.05) is 11.3 Å². The van der Waals surface area contributed by atoms with Crippen LogP contribution < -0.4 is 5.73 Å². The van der Waals surface area contributed by atoms with Gasteiger partial charge in [0.15, 0.2) is 5.82 Å². The lowest BCUT2D eigenvalue weighted by molar-refractivity contribution is 0.697. The molecule has 0 fully saturated rings. The Hall–Kier alpha value is -1.65. The molecule has 2 aromatic heterocycles. The maximum Gasteiger partial charge on any atom is 0.150 e. The summed E-state index contributed by atoms with van der Waals surface area (Å²) >= 11 is 1.92. The van der Waals surface area contributed by atoms with Crippen molar-refractivity contribution in [2.45, 2.75) is 32.2 Å². The highest BCUT2D eigenvalue weighted by atomic mass is 32.1. The minimum atomic E-state index is 0.573. The van der Waals surface area contributed by atoms with Gasteiger partial charge in [0, 0.05) is 18.5 Å². The van der Waals surface area contributed by atoms with E-state index < -0.39 is 0 Å². The van der Waals surface area contributed by atoms with Gasteiger partial charge in [0.2, 0.25) is 0 Å². The number of aromatic nitrogens is 2. The maximum absolute atomic E-state index is 5.75. The third-order valence-corrected chi connectivity index (χ3v) is 5.63. The highest BCUT2D eigenvalue weighted by molar-refractivity contribution is 7.15.